The van der Waals surface area contributed by atoms with E-state index in [1.165, 1.54) is 101 Å². The van der Waals surface area contributed by atoms with E-state index in [-0.39, 0.29) is 0 Å². The molecule has 4 rings (SSSR count). The summed E-state index contributed by atoms with van der Waals surface area (Å²) < 4.78 is 0. The van der Waals surface area contributed by atoms with Crippen molar-refractivity contribution in [2.45, 2.75) is 116 Å². The molecule has 2 aliphatic carbocycles. The van der Waals surface area contributed by atoms with Crippen molar-refractivity contribution in [3.05, 3.63) is 59.2 Å². The fourth-order valence-corrected chi connectivity index (χ4v) is 7.39. The van der Waals surface area contributed by atoms with E-state index < -0.39 is 0 Å². The Labute approximate surface area is 221 Å². The molecule has 0 amide bonds. The van der Waals surface area contributed by atoms with Crippen LogP contribution in [0.15, 0.2) is 42.5 Å². The number of unbranched alkanes of at least 4 members (excludes halogenated alkanes) is 4. The van der Waals surface area contributed by atoms with E-state index >= 15 is 0 Å². The highest BCUT2D eigenvalue weighted by atomic mass is 14.6. The molecule has 36 heavy (non-hydrogen) atoms. The summed E-state index contributed by atoms with van der Waals surface area (Å²) in [7, 11) is 0. The minimum absolute atomic E-state index is 0.710. The highest BCUT2D eigenvalue weighted by Crippen LogP contribution is 2.45. The predicted octanol–water partition coefficient (Wildman–Crippen LogP) is 9.52. The SMILES string of the molecule is CCCCCCCC1CCC(C(C)C2CCC(c3cccc(Cc4c(N)cccc4N)c3)CC2)CC1. The van der Waals surface area contributed by atoms with Crippen LogP contribution >= 0.6 is 0 Å². The zero-order valence-corrected chi connectivity index (χ0v) is 23.2. The normalized spacial score (nSPS) is 25.5. The van der Waals surface area contributed by atoms with Gasteiger partial charge in [0, 0.05) is 23.4 Å². The Morgan fingerprint density at radius 2 is 1.36 bits per heavy atom. The average Bonchev–Trinajstić information content (AvgIpc) is 2.91. The third-order valence-corrected chi connectivity index (χ3v) is 9.92. The van der Waals surface area contributed by atoms with Crippen molar-refractivity contribution in [1.29, 1.82) is 0 Å². The highest BCUT2D eigenvalue weighted by Gasteiger charge is 2.32. The molecular formula is C34H52N2. The Hall–Kier alpha value is -1.96. The van der Waals surface area contributed by atoms with Crippen LogP contribution in [0.4, 0.5) is 11.4 Å². The summed E-state index contributed by atoms with van der Waals surface area (Å²) in [5.74, 6) is 4.56. The predicted molar refractivity (Wildman–Crippen MR) is 157 cm³/mol. The zero-order valence-electron chi connectivity index (χ0n) is 23.2. The first-order valence-electron chi connectivity index (χ1n) is 15.3. The molecule has 2 fully saturated rings. The van der Waals surface area contributed by atoms with Gasteiger partial charge in [-0.2, -0.15) is 0 Å². The van der Waals surface area contributed by atoms with Gasteiger partial charge in [-0.3, -0.25) is 0 Å². The molecule has 2 heteroatoms. The topological polar surface area (TPSA) is 52.0 Å². The summed E-state index contributed by atoms with van der Waals surface area (Å²) >= 11 is 0. The van der Waals surface area contributed by atoms with E-state index in [4.69, 9.17) is 11.5 Å². The van der Waals surface area contributed by atoms with Gasteiger partial charge in [0.05, 0.1) is 0 Å². The second-order valence-corrected chi connectivity index (χ2v) is 12.3. The summed E-state index contributed by atoms with van der Waals surface area (Å²) in [6.07, 6.45) is 21.0. The van der Waals surface area contributed by atoms with Crippen molar-refractivity contribution in [1.82, 2.24) is 0 Å². The number of nitrogen functional groups attached to an aromatic ring is 2. The van der Waals surface area contributed by atoms with Gasteiger partial charge in [-0.1, -0.05) is 95.5 Å². The van der Waals surface area contributed by atoms with Gasteiger partial charge < -0.3 is 11.5 Å². The van der Waals surface area contributed by atoms with Gasteiger partial charge >= 0.3 is 0 Å². The van der Waals surface area contributed by atoms with Crippen LogP contribution < -0.4 is 11.5 Å². The molecule has 1 unspecified atom stereocenters. The molecule has 2 aliphatic rings. The van der Waals surface area contributed by atoms with E-state index in [1.807, 2.05) is 18.2 Å². The van der Waals surface area contributed by atoms with E-state index in [9.17, 15) is 0 Å². The Morgan fingerprint density at radius 1 is 0.750 bits per heavy atom. The lowest BCUT2D eigenvalue weighted by molar-refractivity contribution is 0.131. The van der Waals surface area contributed by atoms with Crippen LogP contribution in [-0.4, -0.2) is 0 Å². The van der Waals surface area contributed by atoms with Gasteiger partial charge in [0.2, 0.25) is 0 Å². The van der Waals surface area contributed by atoms with E-state index in [0.29, 0.717) is 5.92 Å². The standard InChI is InChI=1S/C34H52N2/c1-3-4-5-6-7-10-26-15-17-28(18-16-26)25(2)29-19-21-30(22-20-29)31-12-8-11-27(23-31)24-32-33(35)13-9-14-34(32)36/h8-9,11-14,23,25-26,28-30H,3-7,10,15-22,24,35-36H2,1-2H3. The average molecular weight is 489 g/mol. The van der Waals surface area contributed by atoms with Crippen molar-refractivity contribution >= 4 is 11.4 Å². The molecule has 198 valence electrons. The van der Waals surface area contributed by atoms with Crippen molar-refractivity contribution in [3.8, 4) is 0 Å². The van der Waals surface area contributed by atoms with Gasteiger partial charge in [0.25, 0.3) is 0 Å². The molecule has 0 radical (unpaired) electrons. The lowest BCUT2D eigenvalue weighted by Gasteiger charge is -2.39. The molecule has 0 heterocycles. The summed E-state index contributed by atoms with van der Waals surface area (Å²) in [5, 5.41) is 0. The minimum Gasteiger partial charge on any atom is -0.398 e. The molecule has 0 aliphatic heterocycles. The van der Waals surface area contributed by atoms with Gasteiger partial charge in [-0.05, 0) is 91.4 Å². The summed E-state index contributed by atoms with van der Waals surface area (Å²) in [6.45, 7) is 4.91. The maximum Gasteiger partial charge on any atom is 0.0370 e. The summed E-state index contributed by atoms with van der Waals surface area (Å²) in [6, 6.07) is 15.1. The van der Waals surface area contributed by atoms with Crippen LogP contribution in [0.2, 0.25) is 0 Å². The zero-order chi connectivity index (χ0) is 25.3. The molecule has 0 saturated heterocycles. The van der Waals surface area contributed by atoms with E-state index in [0.717, 1.165) is 47.0 Å². The monoisotopic (exact) mass is 488 g/mol. The Morgan fingerprint density at radius 3 is 2.03 bits per heavy atom. The maximum absolute atomic E-state index is 6.22. The van der Waals surface area contributed by atoms with Crippen molar-refractivity contribution in [2.24, 2.45) is 23.7 Å². The molecular weight excluding hydrogens is 436 g/mol. The number of anilines is 2. The van der Waals surface area contributed by atoms with Gasteiger partial charge in [0.1, 0.15) is 0 Å². The molecule has 0 aromatic heterocycles. The van der Waals surface area contributed by atoms with Gasteiger partial charge in [-0.15, -0.1) is 0 Å². The van der Waals surface area contributed by atoms with Crippen molar-refractivity contribution < 1.29 is 0 Å². The fraction of sp³-hybridized carbons (Fsp3) is 0.647. The third-order valence-electron chi connectivity index (χ3n) is 9.92. The lowest BCUT2D eigenvalue weighted by atomic mass is 9.66. The second-order valence-electron chi connectivity index (χ2n) is 12.3. The fourth-order valence-electron chi connectivity index (χ4n) is 7.39. The van der Waals surface area contributed by atoms with Crippen LogP contribution in [0.25, 0.3) is 0 Å². The Balaban J connectivity index is 1.23. The maximum atomic E-state index is 6.22. The molecule has 0 bridgehead atoms. The molecule has 2 aromatic rings. The first kappa shape index (κ1) is 27.1. The van der Waals surface area contributed by atoms with E-state index in [1.54, 1.807) is 0 Å². The number of hydrogen-bond donors (Lipinski definition) is 2. The number of rotatable bonds is 11. The Kier molecular flexibility index (Phi) is 10.2. The first-order valence-corrected chi connectivity index (χ1v) is 15.3. The lowest BCUT2D eigenvalue weighted by Crippen LogP contribution is -2.28. The molecule has 4 N–H and O–H groups in total. The van der Waals surface area contributed by atoms with Crippen molar-refractivity contribution in [3.63, 3.8) is 0 Å². The highest BCUT2D eigenvalue weighted by molar-refractivity contribution is 5.62. The molecule has 2 aromatic carbocycles. The third kappa shape index (κ3) is 7.30. The summed E-state index contributed by atoms with van der Waals surface area (Å²) in [4.78, 5) is 0. The molecule has 1 atom stereocenters. The first-order chi connectivity index (χ1) is 17.5. The van der Waals surface area contributed by atoms with E-state index in [2.05, 4.69) is 38.1 Å². The number of nitrogens with two attached hydrogens (primary N) is 2. The minimum atomic E-state index is 0.710. The molecule has 0 spiro atoms. The van der Waals surface area contributed by atoms with Crippen LogP contribution in [0, 0.1) is 23.7 Å². The van der Waals surface area contributed by atoms with Gasteiger partial charge in [-0.25, -0.2) is 0 Å². The van der Waals surface area contributed by atoms with Crippen LogP contribution in [0.1, 0.15) is 126 Å². The second kappa shape index (κ2) is 13.5. The summed E-state index contributed by atoms with van der Waals surface area (Å²) in [5.41, 5.74) is 18.0. The smallest absolute Gasteiger partial charge is 0.0370 e. The quantitative estimate of drug-likeness (QED) is 0.244. The van der Waals surface area contributed by atoms with Crippen molar-refractivity contribution in [2.75, 3.05) is 11.5 Å². The van der Waals surface area contributed by atoms with Crippen LogP contribution in [0.3, 0.4) is 0 Å². The Bertz CT molecular complexity index is 898. The number of hydrogen-bond acceptors (Lipinski definition) is 2. The largest absolute Gasteiger partial charge is 0.398 e. The van der Waals surface area contributed by atoms with Crippen LogP contribution in [0.5, 0.6) is 0 Å². The van der Waals surface area contributed by atoms with Crippen LogP contribution in [-0.2, 0) is 6.42 Å². The molecule has 2 saturated carbocycles. The number of benzene rings is 2. The van der Waals surface area contributed by atoms with Gasteiger partial charge in [0.15, 0.2) is 0 Å². The molecule has 2 nitrogen and oxygen atoms in total.